The van der Waals surface area contributed by atoms with Crippen molar-refractivity contribution in [1.82, 2.24) is 9.88 Å². The monoisotopic (exact) mass is 377 g/mol. The van der Waals surface area contributed by atoms with Crippen LogP contribution in [0.4, 0.5) is 5.69 Å². The molecule has 1 saturated heterocycles. The first-order valence-corrected chi connectivity index (χ1v) is 9.45. The largest absolute Gasteiger partial charge is 0.497 e. The van der Waals surface area contributed by atoms with Crippen molar-refractivity contribution in [3.05, 3.63) is 60.3 Å². The summed E-state index contributed by atoms with van der Waals surface area (Å²) in [6, 6.07) is 14.9. The van der Waals surface area contributed by atoms with Crippen LogP contribution in [0.5, 0.6) is 5.75 Å². The fraction of sp³-hybridized carbons (Fsp3) is 0.273. The van der Waals surface area contributed by atoms with Crippen LogP contribution in [0, 0.1) is 5.92 Å². The van der Waals surface area contributed by atoms with E-state index in [0.29, 0.717) is 30.1 Å². The highest BCUT2D eigenvalue weighted by Gasteiger charge is 2.29. The van der Waals surface area contributed by atoms with Gasteiger partial charge < -0.3 is 19.9 Å². The number of rotatable bonds is 4. The number of nitrogens with one attached hydrogen (secondary N) is 2. The molecule has 2 amide bonds. The molecular formula is C22H23N3O3. The number of fused-ring (bicyclic) bond motifs is 1. The topological polar surface area (TPSA) is 74.4 Å². The van der Waals surface area contributed by atoms with E-state index in [1.807, 2.05) is 48.7 Å². The molecule has 1 aliphatic heterocycles. The molecule has 1 aromatic heterocycles. The van der Waals surface area contributed by atoms with Crippen molar-refractivity contribution in [2.24, 2.45) is 5.92 Å². The lowest BCUT2D eigenvalue weighted by Gasteiger charge is -2.32. The number of anilines is 1. The van der Waals surface area contributed by atoms with Gasteiger partial charge in [-0.2, -0.15) is 0 Å². The van der Waals surface area contributed by atoms with E-state index >= 15 is 0 Å². The lowest BCUT2D eigenvalue weighted by atomic mass is 9.96. The Balaban J connectivity index is 1.44. The maximum Gasteiger partial charge on any atom is 0.253 e. The zero-order valence-corrected chi connectivity index (χ0v) is 15.8. The van der Waals surface area contributed by atoms with Gasteiger partial charge in [0.2, 0.25) is 5.91 Å². The zero-order chi connectivity index (χ0) is 19.5. The van der Waals surface area contributed by atoms with E-state index < -0.39 is 0 Å². The number of H-pyrrole nitrogens is 1. The van der Waals surface area contributed by atoms with Gasteiger partial charge in [0.1, 0.15) is 5.75 Å². The van der Waals surface area contributed by atoms with Crippen molar-refractivity contribution in [3.63, 3.8) is 0 Å². The average Bonchev–Trinajstić information content (AvgIpc) is 3.21. The molecule has 0 unspecified atom stereocenters. The fourth-order valence-electron chi connectivity index (χ4n) is 3.69. The molecule has 2 N–H and O–H groups in total. The van der Waals surface area contributed by atoms with E-state index in [1.54, 1.807) is 18.1 Å². The summed E-state index contributed by atoms with van der Waals surface area (Å²) in [6.45, 7) is 1.10. The molecular weight excluding hydrogens is 354 g/mol. The van der Waals surface area contributed by atoms with Gasteiger partial charge >= 0.3 is 0 Å². The second-order valence-electron chi connectivity index (χ2n) is 7.09. The van der Waals surface area contributed by atoms with Crippen LogP contribution in [0.15, 0.2) is 54.7 Å². The van der Waals surface area contributed by atoms with E-state index in [1.165, 1.54) is 0 Å². The molecule has 0 radical (unpaired) electrons. The van der Waals surface area contributed by atoms with Gasteiger partial charge in [0.25, 0.3) is 5.91 Å². The van der Waals surface area contributed by atoms with Crippen LogP contribution in [0.25, 0.3) is 10.9 Å². The molecule has 6 heteroatoms. The molecule has 6 nitrogen and oxygen atoms in total. The Morgan fingerprint density at radius 2 is 2.07 bits per heavy atom. The Morgan fingerprint density at radius 3 is 2.93 bits per heavy atom. The Labute approximate surface area is 163 Å². The highest BCUT2D eigenvalue weighted by Crippen LogP contribution is 2.23. The number of methoxy groups -OCH3 is 1. The number of carbonyl (C=O) groups excluding carboxylic acids is 2. The summed E-state index contributed by atoms with van der Waals surface area (Å²) < 4.78 is 5.20. The summed E-state index contributed by atoms with van der Waals surface area (Å²) in [6.07, 6.45) is 3.45. The molecule has 2 heterocycles. The van der Waals surface area contributed by atoms with E-state index in [0.717, 1.165) is 23.7 Å². The van der Waals surface area contributed by atoms with Gasteiger partial charge in [0.15, 0.2) is 0 Å². The lowest BCUT2D eigenvalue weighted by Crippen LogP contribution is -2.43. The first-order chi connectivity index (χ1) is 13.6. The smallest absolute Gasteiger partial charge is 0.253 e. The zero-order valence-electron chi connectivity index (χ0n) is 15.8. The number of hydrogen-bond acceptors (Lipinski definition) is 3. The molecule has 4 rings (SSSR count). The highest BCUT2D eigenvalue weighted by molar-refractivity contribution is 5.99. The second kappa shape index (κ2) is 7.76. The molecule has 0 aliphatic carbocycles. The van der Waals surface area contributed by atoms with Crippen molar-refractivity contribution < 1.29 is 14.3 Å². The standard InChI is InChI=1S/C22H23N3O3/c1-28-19-6-2-5-18(13-19)24-21(26)17-4-3-11-25(14-17)22(27)16-7-8-20-15(12-16)9-10-23-20/h2,5-10,12-13,17,23H,3-4,11,14H2,1H3,(H,24,26)/t17-/m1/s1. The molecule has 2 aromatic carbocycles. The maximum absolute atomic E-state index is 12.9. The van der Waals surface area contributed by atoms with E-state index in [9.17, 15) is 9.59 Å². The quantitative estimate of drug-likeness (QED) is 0.729. The molecule has 28 heavy (non-hydrogen) atoms. The molecule has 3 aromatic rings. The van der Waals surface area contributed by atoms with Crippen LogP contribution in [0.3, 0.4) is 0 Å². The summed E-state index contributed by atoms with van der Waals surface area (Å²) in [5.74, 6) is 0.382. The minimum Gasteiger partial charge on any atom is -0.497 e. The van der Waals surface area contributed by atoms with Crippen LogP contribution in [-0.2, 0) is 4.79 Å². The molecule has 144 valence electrons. The molecule has 0 spiro atoms. The average molecular weight is 377 g/mol. The minimum absolute atomic E-state index is 0.0259. The van der Waals surface area contributed by atoms with Gasteiger partial charge in [-0.1, -0.05) is 6.07 Å². The third-order valence-electron chi connectivity index (χ3n) is 5.22. The first-order valence-electron chi connectivity index (χ1n) is 9.45. The van der Waals surface area contributed by atoms with Crippen LogP contribution >= 0.6 is 0 Å². The van der Waals surface area contributed by atoms with Crippen LogP contribution in [0.2, 0.25) is 0 Å². The van der Waals surface area contributed by atoms with Crippen molar-refractivity contribution in [1.29, 1.82) is 0 Å². The Kier molecular flexibility index (Phi) is 5.02. The summed E-state index contributed by atoms with van der Waals surface area (Å²) in [5, 5.41) is 3.95. The molecule has 1 atom stereocenters. The van der Waals surface area contributed by atoms with Crippen LogP contribution < -0.4 is 10.1 Å². The van der Waals surface area contributed by atoms with E-state index in [-0.39, 0.29) is 17.7 Å². The number of aromatic nitrogens is 1. The van der Waals surface area contributed by atoms with Crippen molar-refractivity contribution in [2.45, 2.75) is 12.8 Å². The van der Waals surface area contributed by atoms with Gasteiger partial charge in [-0.05, 0) is 49.2 Å². The number of piperidine rings is 1. The second-order valence-corrected chi connectivity index (χ2v) is 7.09. The Morgan fingerprint density at radius 1 is 1.18 bits per heavy atom. The molecule has 0 bridgehead atoms. The van der Waals surface area contributed by atoms with Gasteiger partial charge in [0, 0.05) is 47.5 Å². The number of likely N-dealkylation sites (tertiary alicyclic amines) is 1. The van der Waals surface area contributed by atoms with Crippen LogP contribution in [0.1, 0.15) is 23.2 Å². The summed E-state index contributed by atoms with van der Waals surface area (Å²) in [4.78, 5) is 30.6. The fourth-order valence-corrected chi connectivity index (χ4v) is 3.69. The Bertz CT molecular complexity index is 1010. The number of hydrogen-bond donors (Lipinski definition) is 2. The number of amides is 2. The van der Waals surface area contributed by atoms with Crippen LogP contribution in [-0.4, -0.2) is 41.9 Å². The van der Waals surface area contributed by atoms with Gasteiger partial charge in [-0.3, -0.25) is 9.59 Å². The number of ether oxygens (including phenoxy) is 1. The number of aromatic amines is 1. The van der Waals surface area contributed by atoms with Gasteiger partial charge in [-0.15, -0.1) is 0 Å². The van der Waals surface area contributed by atoms with E-state index in [4.69, 9.17) is 4.74 Å². The molecule has 1 fully saturated rings. The van der Waals surface area contributed by atoms with Crippen molar-refractivity contribution >= 4 is 28.4 Å². The molecule has 1 aliphatic rings. The van der Waals surface area contributed by atoms with Crippen molar-refractivity contribution in [2.75, 3.05) is 25.5 Å². The number of carbonyl (C=O) groups is 2. The highest BCUT2D eigenvalue weighted by atomic mass is 16.5. The Hall–Kier alpha value is -3.28. The van der Waals surface area contributed by atoms with Gasteiger partial charge in [-0.25, -0.2) is 0 Å². The summed E-state index contributed by atoms with van der Waals surface area (Å²) >= 11 is 0. The maximum atomic E-state index is 12.9. The van der Waals surface area contributed by atoms with E-state index in [2.05, 4.69) is 10.3 Å². The predicted octanol–water partition coefficient (Wildman–Crippen LogP) is 3.67. The minimum atomic E-state index is -0.222. The summed E-state index contributed by atoms with van der Waals surface area (Å²) in [5.41, 5.74) is 2.36. The number of benzene rings is 2. The summed E-state index contributed by atoms with van der Waals surface area (Å²) in [7, 11) is 1.59. The van der Waals surface area contributed by atoms with Crippen molar-refractivity contribution in [3.8, 4) is 5.75 Å². The third kappa shape index (κ3) is 3.71. The number of nitrogens with zero attached hydrogens (tertiary/aromatic N) is 1. The first kappa shape index (κ1) is 18.1. The molecule has 0 saturated carbocycles. The third-order valence-corrected chi connectivity index (χ3v) is 5.22. The predicted molar refractivity (Wildman–Crippen MR) is 109 cm³/mol. The van der Waals surface area contributed by atoms with Gasteiger partial charge in [0.05, 0.1) is 13.0 Å². The SMILES string of the molecule is COc1cccc(NC(=O)[C@@H]2CCCN(C(=O)c3ccc4[nH]ccc4c3)C2)c1. The normalized spacial score (nSPS) is 16.8. The lowest BCUT2D eigenvalue weighted by molar-refractivity contribution is -0.121.